The van der Waals surface area contributed by atoms with Crippen LogP contribution < -0.4 is 0 Å². The van der Waals surface area contributed by atoms with Gasteiger partial charge in [0.2, 0.25) is 0 Å². The van der Waals surface area contributed by atoms with Gasteiger partial charge in [-0.05, 0) is 25.7 Å². The third kappa shape index (κ3) is 3.39. The van der Waals surface area contributed by atoms with Crippen molar-refractivity contribution in [1.29, 1.82) is 0 Å². The number of thiazole rings is 1. The van der Waals surface area contributed by atoms with E-state index >= 15 is 0 Å². The van der Waals surface area contributed by atoms with Gasteiger partial charge in [-0.3, -0.25) is 9.80 Å². The highest BCUT2D eigenvalue weighted by Gasteiger charge is 2.34. The van der Waals surface area contributed by atoms with Gasteiger partial charge >= 0.3 is 0 Å². The van der Waals surface area contributed by atoms with Gasteiger partial charge in [-0.25, -0.2) is 4.98 Å². The monoisotopic (exact) mass is 295 g/mol. The molecule has 4 heterocycles. The van der Waals surface area contributed by atoms with Crippen LogP contribution >= 0.6 is 11.3 Å². The van der Waals surface area contributed by atoms with Crippen molar-refractivity contribution in [3.8, 4) is 0 Å². The molecule has 0 saturated carbocycles. The topological polar surface area (TPSA) is 28.6 Å². The third-order valence-electron chi connectivity index (χ3n) is 4.54. The maximum absolute atomic E-state index is 5.25. The molecule has 3 saturated heterocycles. The van der Waals surface area contributed by atoms with Crippen LogP contribution in [0.25, 0.3) is 0 Å². The van der Waals surface area contributed by atoms with E-state index in [-0.39, 0.29) is 0 Å². The predicted molar refractivity (Wildman–Crippen MR) is 82.1 cm³/mol. The molecule has 0 unspecified atom stereocenters. The van der Waals surface area contributed by atoms with Crippen molar-refractivity contribution in [3.05, 3.63) is 16.1 Å². The second kappa shape index (κ2) is 6.52. The van der Waals surface area contributed by atoms with Crippen LogP contribution in [0, 0.1) is 12.8 Å². The first-order chi connectivity index (χ1) is 9.74. The lowest BCUT2D eigenvalue weighted by Crippen LogP contribution is -2.45. The zero-order chi connectivity index (χ0) is 13.9. The van der Waals surface area contributed by atoms with E-state index in [1.807, 2.05) is 0 Å². The second-order valence-electron chi connectivity index (χ2n) is 6.14. The van der Waals surface area contributed by atoms with E-state index in [1.54, 1.807) is 18.4 Å². The van der Waals surface area contributed by atoms with Crippen molar-refractivity contribution in [3.63, 3.8) is 0 Å². The summed E-state index contributed by atoms with van der Waals surface area (Å²) >= 11 is 1.76. The Kier molecular flexibility index (Phi) is 4.71. The fourth-order valence-corrected chi connectivity index (χ4v) is 4.20. The van der Waals surface area contributed by atoms with E-state index in [4.69, 9.17) is 4.74 Å². The molecule has 1 aromatic heterocycles. The molecular formula is C15H25N3OS. The third-order valence-corrected chi connectivity index (χ3v) is 5.36. The summed E-state index contributed by atoms with van der Waals surface area (Å²) in [5.74, 6) is 0.824. The van der Waals surface area contributed by atoms with E-state index in [0.29, 0.717) is 6.04 Å². The summed E-state index contributed by atoms with van der Waals surface area (Å²) in [6.07, 6.45) is 2.74. The first-order valence-corrected chi connectivity index (χ1v) is 8.49. The summed E-state index contributed by atoms with van der Waals surface area (Å²) in [4.78, 5) is 9.88. The predicted octanol–water partition coefficient (Wildman–Crippen LogP) is 1.99. The van der Waals surface area contributed by atoms with E-state index < -0.39 is 0 Å². The molecular weight excluding hydrogens is 270 g/mol. The van der Waals surface area contributed by atoms with Crippen LogP contribution in [0.3, 0.4) is 0 Å². The van der Waals surface area contributed by atoms with Crippen molar-refractivity contribution in [1.82, 2.24) is 14.8 Å². The molecule has 0 aliphatic carbocycles. The van der Waals surface area contributed by atoms with Crippen LogP contribution in [0.4, 0.5) is 0 Å². The smallest absolute Gasteiger partial charge is 0.0897 e. The first kappa shape index (κ1) is 14.4. The minimum atomic E-state index is 0.712. The van der Waals surface area contributed by atoms with Crippen LogP contribution in [0.15, 0.2) is 5.38 Å². The molecule has 0 spiro atoms. The zero-order valence-corrected chi connectivity index (χ0v) is 13.4. The molecule has 3 fully saturated rings. The van der Waals surface area contributed by atoms with Gasteiger partial charge in [-0.1, -0.05) is 0 Å². The maximum atomic E-state index is 5.25. The number of piperidine rings is 1. The lowest BCUT2D eigenvalue weighted by Gasteiger charge is -2.35. The van der Waals surface area contributed by atoms with Crippen molar-refractivity contribution >= 4 is 11.3 Å². The molecule has 0 radical (unpaired) electrons. The van der Waals surface area contributed by atoms with E-state index in [0.717, 1.165) is 25.6 Å². The summed E-state index contributed by atoms with van der Waals surface area (Å²) < 4.78 is 5.25. The fraction of sp³-hybridized carbons (Fsp3) is 0.800. The minimum Gasteiger partial charge on any atom is -0.383 e. The fourth-order valence-electron chi connectivity index (χ4n) is 3.60. The number of rotatable bonds is 5. The van der Waals surface area contributed by atoms with E-state index in [2.05, 4.69) is 27.1 Å². The van der Waals surface area contributed by atoms with Crippen LogP contribution in [0.1, 0.15) is 23.5 Å². The van der Waals surface area contributed by atoms with Gasteiger partial charge in [-0.2, -0.15) is 0 Å². The van der Waals surface area contributed by atoms with E-state index in [9.17, 15) is 0 Å². The molecule has 4 nitrogen and oxygen atoms in total. The maximum Gasteiger partial charge on any atom is 0.0897 e. The number of aromatic nitrogens is 1. The number of aryl methyl sites for hydroxylation is 1. The highest BCUT2D eigenvalue weighted by molar-refractivity contribution is 7.09. The van der Waals surface area contributed by atoms with E-state index in [1.165, 1.54) is 43.2 Å². The standard InChI is InChI=1S/C15H25N3OS/c1-12-16-14(11-20-12)9-17-7-13-3-4-15(10-17)18(8-13)5-6-19-2/h11,13,15H,3-10H2,1-2H3/t13-,15+/m0/s1. The molecule has 5 heteroatoms. The van der Waals surface area contributed by atoms with Gasteiger partial charge in [0.25, 0.3) is 0 Å². The van der Waals surface area contributed by atoms with Gasteiger partial charge in [0.1, 0.15) is 0 Å². The normalized spacial score (nSPS) is 27.9. The van der Waals surface area contributed by atoms with Gasteiger partial charge in [0.05, 0.1) is 17.3 Å². The number of hydrogen-bond donors (Lipinski definition) is 0. The summed E-state index contributed by atoms with van der Waals surface area (Å²) in [7, 11) is 1.80. The minimum absolute atomic E-state index is 0.712. The van der Waals surface area contributed by atoms with Crippen LogP contribution in [-0.4, -0.2) is 60.7 Å². The summed E-state index contributed by atoms with van der Waals surface area (Å²) in [6, 6.07) is 0.712. The van der Waals surface area contributed by atoms with Crippen molar-refractivity contribution in [2.24, 2.45) is 5.92 Å². The van der Waals surface area contributed by atoms with Gasteiger partial charge in [0.15, 0.2) is 0 Å². The zero-order valence-electron chi connectivity index (χ0n) is 12.5. The van der Waals surface area contributed by atoms with Crippen LogP contribution in [-0.2, 0) is 11.3 Å². The second-order valence-corrected chi connectivity index (χ2v) is 7.20. The Bertz CT molecular complexity index is 437. The number of fused-ring (bicyclic) bond motifs is 4. The first-order valence-electron chi connectivity index (χ1n) is 7.61. The molecule has 112 valence electrons. The van der Waals surface area contributed by atoms with Crippen molar-refractivity contribution < 1.29 is 4.74 Å². The van der Waals surface area contributed by atoms with Crippen molar-refractivity contribution in [2.75, 3.05) is 39.9 Å². The van der Waals surface area contributed by atoms with Gasteiger partial charge < -0.3 is 4.74 Å². The lowest BCUT2D eigenvalue weighted by molar-refractivity contribution is 0.0867. The Hall–Kier alpha value is -0.490. The average Bonchev–Trinajstić information content (AvgIpc) is 2.66. The molecule has 0 N–H and O–H groups in total. The number of nitrogens with zero attached hydrogens (tertiary/aromatic N) is 3. The molecule has 2 atom stereocenters. The van der Waals surface area contributed by atoms with Crippen LogP contribution in [0.5, 0.6) is 0 Å². The molecule has 3 aliphatic heterocycles. The summed E-state index contributed by atoms with van der Waals surface area (Å²) in [5, 5.41) is 3.39. The largest absolute Gasteiger partial charge is 0.383 e. The molecule has 0 aromatic carbocycles. The molecule has 2 bridgehead atoms. The highest BCUT2D eigenvalue weighted by atomic mass is 32.1. The van der Waals surface area contributed by atoms with Gasteiger partial charge in [0, 0.05) is 51.3 Å². The SMILES string of the molecule is COCCN1C[C@H]2CC[C@@H]1CN(Cc1csc(C)n1)C2. The average molecular weight is 295 g/mol. The Morgan fingerprint density at radius 1 is 1.35 bits per heavy atom. The molecule has 1 aromatic rings. The van der Waals surface area contributed by atoms with Gasteiger partial charge in [-0.15, -0.1) is 11.3 Å². The van der Waals surface area contributed by atoms with Crippen LogP contribution in [0.2, 0.25) is 0 Å². The number of methoxy groups -OCH3 is 1. The van der Waals surface area contributed by atoms with Crippen molar-refractivity contribution in [2.45, 2.75) is 32.4 Å². The molecule has 4 rings (SSSR count). The summed E-state index contributed by atoms with van der Waals surface area (Å²) in [6.45, 7) is 8.73. The molecule has 0 amide bonds. The molecule has 3 aliphatic rings. The summed E-state index contributed by atoms with van der Waals surface area (Å²) in [5.41, 5.74) is 1.25. The Morgan fingerprint density at radius 2 is 2.25 bits per heavy atom. The Balaban J connectivity index is 1.62. The molecule has 20 heavy (non-hydrogen) atoms. The lowest BCUT2D eigenvalue weighted by atomic mass is 9.95. The Labute approximate surface area is 125 Å². The number of ether oxygens (including phenoxy) is 1. The Morgan fingerprint density at radius 3 is 3.00 bits per heavy atom. The quantitative estimate of drug-likeness (QED) is 0.831. The highest BCUT2D eigenvalue weighted by Crippen LogP contribution is 2.28. The number of hydrogen-bond acceptors (Lipinski definition) is 5.